The highest BCUT2D eigenvalue weighted by molar-refractivity contribution is 7.47. The van der Waals surface area contributed by atoms with Crippen LogP contribution in [-0.4, -0.2) is 61.8 Å². The third-order valence-corrected chi connectivity index (χ3v) is 7.55. The van der Waals surface area contributed by atoms with Crippen LogP contribution in [0.3, 0.4) is 0 Å². The maximum Gasteiger partial charge on any atom is 0.472 e. The molecule has 0 spiro atoms. The summed E-state index contributed by atoms with van der Waals surface area (Å²) in [6.45, 7) is 2.54. The lowest BCUT2D eigenvalue weighted by Gasteiger charge is -2.25. The first-order chi connectivity index (χ1) is 17.6. The quantitative estimate of drug-likeness (QED) is 0.161. The van der Waals surface area contributed by atoms with Crippen molar-refractivity contribution in [1.82, 2.24) is 0 Å². The van der Waals surface area contributed by atoms with Gasteiger partial charge in [-0.2, -0.15) is 0 Å². The number of esters is 1. The molecule has 3 atom stereocenters. The molecule has 0 aromatic heterocycles. The molecule has 0 saturated heterocycles. The zero-order valence-corrected chi connectivity index (χ0v) is 25.0. The molecule has 0 fully saturated rings. The smallest absolute Gasteiger partial charge is 0.462 e. The predicted octanol–water partition coefficient (Wildman–Crippen LogP) is 7.49. The van der Waals surface area contributed by atoms with Crippen molar-refractivity contribution in [1.29, 1.82) is 0 Å². The summed E-state index contributed by atoms with van der Waals surface area (Å²) in [5.74, 6) is -0.408. The number of allylic oxidation sites excluding steroid dienone is 3. The van der Waals surface area contributed by atoms with Gasteiger partial charge in [-0.05, 0) is 39.0 Å². The highest BCUT2D eigenvalue weighted by atomic mass is 31.2. The first-order valence-corrected chi connectivity index (χ1v) is 16.0. The molecular weight excluding hydrogens is 489 g/mol. The van der Waals surface area contributed by atoms with Crippen molar-refractivity contribution in [3.63, 3.8) is 0 Å². The molecule has 0 amide bonds. The molecular formula is C29H55NO6P+. The molecule has 0 aromatic carbocycles. The van der Waals surface area contributed by atoms with Crippen LogP contribution < -0.4 is 0 Å². The van der Waals surface area contributed by atoms with E-state index in [0.717, 1.165) is 32.1 Å². The minimum Gasteiger partial charge on any atom is -0.462 e. The number of cyclic esters (lactones) is 1. The van der Waals surface area contributed by atoms with Crippen molar-refractivity contribution in [2.75, 3.05) is 34.3 Å². The van der Waals surface area contributed by atoms with Crippen molar-refractivity contribution in [2.24, 2.45) is 0 Å². The average Bonchev–Trinajstić information content (AvgIpc) is 2.78. The Balaban J connectivity index is 2.65. The Morgan fingerprint density at radius 1 is 0.892 bits per heavy atom. The number of hydrogen-bond acceptors (Lipinski definition) is 5. The Bertz CT molecular complexity index is 703. The maximum absolute atomic E-state index is 12.6. The third kappa shape index (κ3) is 21.6. The van der Waals surface area contributed by atoms with Crippen molar-refractivity contribution in [2.45, 2.75) is 122 Å². The second-order valence-electron chi connectivity index (χ2n) is 11.4. The summed E-state index contributed by atoms with van der Waals surface area (Å²) in [6.07, 6.45) is 24.0. The van der Waals surface area contributed by atoms with E-state index in [-0.39, 0.29) is 19.1 Å². The Morgan fingerprint density at radius 2 is 1.43 bits per heavy atom. The van der Waals surface area contributed by atoms with E-state index in [9.17, 15) is 14.3 Å². The van der Waals surface area contributed by atoms with E-state index in [1.165, 1.54) is 51.4 Å². The molecule has 8 heteroatoms. The standard InChI is InChI=1S/C29H54NO6P/c1-27-22-20-18-16-14-12-10-8-6-5-7-9-11-13-15-17-19-21-23-28(26-29(31)35-27)36-37(32,33)34-25-24-30(2,3)4/h10,12,18,20,27-28H,5-9,11,13-17,19,21-26H2,1-4H3/p+1/b12-10-,20-18+/t27-,28-/m0/s1. The second-order valence-corrected chi connectivity index (χ2v) is 12.8. The highest BCUT2D eigenvalue weighted by Gasteiger charge is 2.29. The van der Waals surface area contributed by atoms with Gasteiger partial charge in [0.15, 0.2) is 0 Å². The molecule has 37 heavy (non-hydrogen) atoms. The van der Waals surface area contributed by atoms with Crippen LogP contribution in [-0.2, 0) is 23.1 Å². The van der Waals surface area contributed by atoms with Gasteiger partial charge in [0.05, 0.1) is 33.7 Å². The number of ether oxygens (including phenoxy) is 1. The topological polar surface area (TPSA) is 82.1 Å². The van der Waals surface area contributed by atoms with Crippen molar-refractivity contribution in [3.8, 4) is 0 Å². The minimum atomic E-state index is -4.26. The minimum absolute atomic E-state index is 0.0535. The van der Waals surface area contributed by atoms with Gasteiger partial charge in [0, 0.05) is 6.42 Å². The van der Waals surface area contributed by atoms with Crippen molar-refractivity contribution < 1.29 is 32.5 Å². The Labute approximate surface area is 226 Å². The van der Waals surface area contributed by atoms with Crippen LogP contribution in [0.1, 0.15) is 110 Å². The summed E-state index contributed by atoms with van der Waals surface area (Å²) in [7, 11) is 1.68. The molecule has 0 saturated carbocycles. The normalized spacial score (nSPS) is 26.8. The largest absolute Gasteiger partial charge is 0.472 e. The number of hydrogen-bond donors (Lipinski definition) is 1. The lowest BCUT2D eigenvalue weighted by molar-refractivity contribution is -0.870. The Morgan fingerprint density at radius 3 is 2.05 bits per heavy atom. The molecule has 1 N–H and O–H groups in total. The molecule has 1 aliphatic heterocycles. The summed E-state index contributed by atoms with van der Waals surface area (Å²) in [6, 6.07) is 0. The van der Waals surface area contributed by atoms with Crippen LogP contribution in [0, 0.1) is 0 Å². The van der Waals surface area contributed by atoms with Gasteiger partial charge in [-0.1, -0.05) is 82.1 Å². The van der Waals surface area contributed by atoms with E-state index in [0.29, 0.717) is 23.9 Å². The third-order valence-electron chi connectivity index (χ3n) is 6.47. The number of carbonyl (C=O) groups is 1. The number of carbonyl (C=O) groups excluding carboxylic acids is 1. The zero-order chi connectivity index (χ0) is 27.4. The Kier molecular flexibility index (Phi) is 18.4. The molecule has 1 unspecified atom stereocenters. The first kappa shape index (κ1) is 34.0. The van der Waals surface area contributed by atoms with Gasteiger partial charge in [0.2, 0.25) is 0 Å². The molecule has 216 valence electrons. The molecule has 0 aromatic rings. The van der Waals surface area contributed by atoms with Gasteiger partial charge in [-0.3, -0.25) is 13.8 Å². The number of rotatable bonds is 6. The van der Waals surface area contributed by atoms with E-state index in [4.69, 9.17) is 13.8 Å². The Hall–Kier alpha value is -0.980. The number of phosphoric ester groups is 1. The predicted molar refractivity (Wildman–Crippen MR) is 151 cm³/mol. The molecule has 1 heterocycles. The van der Waals surface area contributed by atoms with Gasteiger partial charge in [0.25, 0.3) is 0 Å². The lowest BCUT2D eigenvalue weighted by atomic mass is 10.0. The van der Waals surface area contributed by atoms with Gasteiger partial charge in [-0.25, -0.2) is 4.57 Å². The number of quaternary nitrogens is 1. The molecule has 0 radical (unpaired) electrons. The van der Waals surface area contributed by atoms with Crippen molar-refractivity contribution in [3.05, 3.63) is 24.3 Å². The van der Waals surface area contributed by atoms with Crippen LogP contribution in [0.4, 0.5) is 0 Å². The maximum atomic E-state index is 12.6. The van der Waals surface area contributed by atoms with Gasteiger partial charge < -0.3 is 14.1 Å². The van der Waals surface area contributed by atoms with Crippen LogP contribution in [0.15, 0.2) is 24.3 Å². The number of likely N-dealkylation sites (N-methyl/N-ethyl adjacent to an activating group) is 1. The fourth-order valence-corrected chi connectivity index (χ4v) is 5.16. The second kappa shape index (κ2) is 20.0. The van der Waals surface area contributed by atoms with Crippen LogP contribution in [0.5, 0.6) is 0 Å². The first-order valence-electron chi connectivity index (χ1n) is 14.5. The summed E-state index contributed by atoms with van der Waals surface area (Å²) >= 11 is 0. The van der Waals surface area contributed by atoms with Gasteiger partial charge >= 0.3 is 13.8 Å². The van der Waals surface area contributed by atoms with E-state index in [2.05, 4.69) is 24.3 Å². The summed E-state index contributed by atoms with van der Waals surface area (Å²) in [4.78, 5) is 22.9. The average molecular weight is 545 g/mol. The fourth-order valence-electron chi connectivity index (χ4n) is 4.23. The van der Waals surface area contributed by atoms with Crippen LogP contribution >= 0.6 is 7.82 Å². The van der Waals surface area contributed by atoms with E-state index in [1.807, 2.05) is 28.1 Å². The summed E-state index contributed by atoms with van der Waals surface area (Å²) < 4.78 is 29.4. The summed E-state index contributed by atoms with van der Waals surface area (Å²) in [5, 5.41) is 0. The molecule has 0 bridgehead atoms. The van der Waals surface area contributed by atoms with Crippen LogP contribution in [0.25, 0.3) is 0 Å². The lowest BCUT2D eigenvalue weighted by Crippen LogP contribution is -2.37. The summed E-state index contributed by atoms with van der Waals surface area (Å²) in [5.41, 5.74) is 0. The fraction of sp³-hybridized carbons (Fsp3) is 0.828. The highest BCUT2D eigenvalue weighted by Crippen LogP contribution is 2.45. The number of nitrogens with zero attached hydrogens (tertiary/aromatic N) is 1. The number of phosphoric acid groups is 1. The molecule has 1 aliphatic rings. The zero-order valence-electron chi connectivity index (χ0n) is 24.1. The molecule has 1 rings (SSSR count). The van der Waals surface area contributed by atoms with Gasteiger partial charge in [0.1, 0.15) is 19.3 Å². The van der Waals surface area contributed by atoms with Crippen LogP contribution in [0.2, 0.25) is 0 Å². The van der Waals surface area contributed by atoms with E-state index < -0.39 is 19.9 Å². The van der Waals surface area contributed by atoms with E-state index >= 15 is 0 Å². The molecule has 7 nitrogen and oxygen atoms in total. The van der Waals surface area contributed by atoms with Gasteiger partial charge in [-0.15, -0.1) is 0 Å². The van der Waals surface area contributed by atoms with Crippen molar-refractivity contribution >= 4 is 13.8 Å². The monoisotopic (exact) mass is 544 g/mol. The molecule has 0 aliphatic carbocycles. The SMILES string of the molecule is C[C@H]1C/C=C/CC/C=C\CCCCCCCCCCCC[C@H](OP(=O)(O)OCC[N+](C)(C)C)CC(=O)O1. The van der Waals surface area contributed by atoms with E-state index in [1.54, 1.807) is 0 Å².